The summed E-state index contributed by atoms with van der Waals surface area (Å²) in [6, 6.07) is 0. The Labute approximate surface area is 163 Å². The fourth-order valence-electron chi connectivity index (χ4n) is 5.29. The van der Waals surface area contributed by atoms with E-state index in [-0.39, 0.29) is 5.41 Å². The number of alkyl halides is 2. The van der Waals surface area contributed by atoms with Crippen LogP contribution in [0.2, 0.25) is 0 Å². The van der Waals surface area contributed by atoms with Crippen LogP contribution in [-0.2, 0) is 4.74 Å². The quantitative estimate of drug-likeness (QED) is 0.488. The predicted octanol–water partition coefficient (Wildman–Crippen LogP) is 7.65. The lowest BCUT2D eigenvalue weighted by atomic mass is 9.69. The molecule has 0 aromatic heterocycles. The smallest absolute Gasteiger partial charge is 0.400 e. The molecule has 0 bridgehead atoms. The van der Waals surface area contributed by atoms with Crippen LogP contribution in [0.25, 0.3) is 0 Å². The number of halogens is 2. The Balaban J connectivity index is 1.57. The number of ether oxygens (including phenoxy) is 1. The van der Waals surface area contributed by atoms with Crippen molar-refractivity contribution in [3.05, 3.63) is 35.6 Å². The average Bonchev–Trinajstić information content (AvgIpc) is 2.72. The van der Waals surface area contributed by atoms with Crippen molar-refractivity contribution in [2.45, 2.75) is 85.2 Å². The molecule has 0 aliphatic heterocycles. The third-order valence-corrected chi connectivity index (χ3v) is 6.85. The average molecular weight is 379 g/mol. The maximum absolute atomic E-state index is 14.9. The van der Waals surface area contributed by atoms with Crippen LogP contribution in [0.3, 0.4) is 0 Å². The molecule has 3 aliphatic carbocycles. The zero-order chi connectivity index (χ0) is 19.7. The molecule has 27 heavy (non-hydrogen) atoms. The molecule has 2 fully saturated rings. The summed E-state index contributed by atoms with van der Waals surface area (Å²) >= 11 is 0. The second-order valence-corrected chi connectivity index (χ2v) is 9.89. The van der Waals surface area contributed by atoms with E-state index >= 15 is 0 Å². The number of rotatable bonds is 4. The van der Waals surface area contributed by atoms with Gasteiger partial charge in [-0.05, 0) is 75.4 Å². The molecule has 0 unspecified atom stereocenters. The number of hydrogen-bond acceptors (Lipinski definition) is 1. The van der Waals surface area contributed by atoms with E-state index in [1.807, 2.05) is 32.9 Å². The van der Waals surface area contributed by atoms with Crippen molar-refractivity contribution in [1.29, 1.82) is 0 Å². The lowest BCUT2D eigenvalue weighted by Gasteiger charge is -2.39. The van der Waals surface area contributed by atoms with Crippen LogP contribution >= 0.6 is 0 Å². The molecule has 0 atom stereocenters. The van der Waals surface area contributed by atoms with Gasteiger partial charge in [-0.1, -0.05) is 51.3 Å². The maximum atomic E-state index is 14.9. The van der Waals surface area contributed by atoms with E-state index in [4.69, 9.17) is 4.74 Å². The van der Waals surface area contributed by atoms with Gasteiger partial charge >= 0.3 is 6.11 Å². The van der Waals surface area contributed by atoms with E-state index in [9.17, 15) is 8.78 Å². The first kappa shape index (κ1) is 20.6. The highest BCUT2D eigenvalue weighted by Gasteiger charge is 2.45. The fourth-order valence-corrected chi connectivity index (χ4v) is 5.29. The van der Waals surface area contributed by atoms with Gasteiger partial charge in [0, 0.05) is 5.41 Å². The summed E-state index contributed by atoms with van der Waals surface area (Å²) in [5.41, 5.74) is 0.787. The summed E-state index contributed by atoms with van der Waals surface area (Å²) in [4.78, 5) is 0. The molecule has 152 valence electrons. The summed E-state index contributed by atoms with van der Waals surface area (Å²) in [5, 5.41) is 0. The van der Waals surface area contributed by atoms with Gasteiger partial charge in [-0.25, -0.2) is 0 Å². The van der Waals surface area contributed by atoms with Gasteiger partial charge in [-0.15, -0.1) is 0 Å². The monoisotopic (exact) mass is 378 g/mol. The van der Waals surface area contributed by atoms with Crippen LogP contribution in [0, 0.1) is 29.1 Å². The van der Waals surface area contributed by atoms with E-state index in [1.54, 1.807) is 6.08 Å². The van der Waals surface area contributed by atoms with Crippen molar-refractivity contribution in [1.82, 2.24) is 0 Å². The molecule has 0 saturated heterocycles. The Hall–Kier alpha value is -1.12. The number of allylic oxidation sites excluding steroid dienone is 5. The molecule has 1 nitrogen and oxygen atoms in total. The van der Waals surface area contributed by atoms with Crippen LogP contribution in [0.5, 0.6) is 0 Å². The van der Waals surface area contributed by atoms with E-state index in [0.717, 1.165) is 30.3 Å². The zero-order valence-electron chi connectivity index (χ0n) is 17.4. The molecule has 0 aromatic carbocycles. The Morgan fingerprint density at radius 3 is 2.04 bits per heavy atom. The minimum atomic E-state index is -3.09. The van der Waals surface area contributed by atoms with Crippen LogP contribution in [0.4, 0.5) is 8.78 Å². The predicted molar refractivity (Wildman–Crippen MR) is 107 cm³/mol. The minimum Gasteiger partial charge on any atom is -0.433 e. The Morgan fingerprint density at radius 2 is 1.44 bits per heavy atom. The molecule has 0 heterocycles. The van der Waals surface area contributed by atoms with Gasteiger partial charge in [-0.2, -0.15) is 8.78 Å². The van der Waals surface area contributed by atoms with Gasteiger partial charge in [0.2, 0.25) is 0 Å². The molecule has 0 amide bonds. The van der Waals surface area contributed by atoms with Gasteiger partial charge in [0.25, 0.3) is 0 Å². The molecule has 0 N–H and O–H groups in total. The van der Waals surface area contributed by atoms with Crippen LogP contribution in [0.15, 0.2) is 35.6 Å². The van der Waals surface area contributed by atoms with Gasteiger partial charge in [0.15, 0.2) is 0 Å². The largest absolute Gasteiger partial charge is 0.433 e. The van der Waals surface area contributed by atoms with Gasteiger partial charge < -0.3 is 4.74 Å². The lowest BCUT2D eigenvalue weighted by Crippen LogP contribution is -2.36. The number of hydrogen-bond donors (Lipinski definition) is 0. The molecular formula is C24H36F2O. The highest BCUT2D eigenvalue weighted by Crippen LogP contribution is 2.46. The zero-order valence-corrected chi connectivity index (χ0v) is 17.4. The highest BCUT2D eigenvalue weighted by molar-refractivity contribution is 5.32. The first-order valence-electron chi connectivity index (χ1n) is 10.8. The van der Waals surface area contributed by atoms with Crippen molar-refractivity contribution in [3.8, 4) is 0 Å². The summed E-state index contributed by atoms with van der Waals surface area (Å²) in [6.07, 6.45) is 12.6. The van der Waals surface area contributed by atoms with Crippen molar-refractivity contribution < 1.29 is 13.5 Å². The van der Waals surface area contributed by atoms with Crippen molar-refractivity contribution >= 4 is 0 Å². The SMILES string of the molecule is CC1=CC(C)(C)C=C(OC(F)(F)C2CCC(C3CCC(C)CC3)CC2)C=C1. The second kappa shape index (κ2) is 8.09. The normalized spacial score (nSPS) is 34.4. The molecular weight excluding hydrogens is 342 g/mol. The van der Waals surface area contributed by atoms with Gasteiger partial charge in [-0.3, -0.25) is 0 Å². The van der Waals surface area contributed by atoms with Crippen molar-refractivity contribution in [3.63, 3.8) is 0 Å². The summed E-state index contributed by atoms with van der Waals surface area (Å²) < 4.78 is 35.0. The summed E-state index contributed by atoms with van der Waals surface area (Å²) in [5.74, 6) is 1.89. The summed E-state index contributed by atoms with van der Waals surface area (Å²) in [7, 11) is 0. The Morgan fingerprint density at radius 1 is 0.889 bits per heavy atom. The molecule has 0 spiro atoms. The third-order valence-electron chi connectivity index (χ3n) is 6.85. The van der Waals surface area contributed by atoms with E-state index < -0.39 is 12.0 Å². The first-order chi connectivity index (χ1) is 12.6. The van der Waals surface area contributed by atoms with E-state index in [1.165, 1.54) is 25.7 Å². The molecule has 0 aromatic rings. The molecule has 3 heteroatoms. The Bertz CT molecular complexity index is 598. The van der Waals surface area contributed by atoms with E-state index in [2.05, 4.69) is 13.0 Å². The Kier molecular flexibility index (Phi) is 6.17. The molecule has 2 saturated carbocycles. The molecule has 3 aliphatic rings. The van der Waals surface area contributed by atoms with Gasteiger partial charge in [0.1, 0.15) is 5.76 Å². The minimum absolute atomic E-state index is 0.283. The first-order valence-corrected chi connectivity index (χ1v) is 10.8. The highest BCUT2D eigenvalue weighted by atomic mass is 19.3. The standard InChI is InChI=1S/C24H36F2O/c1-17-5-8-19(9-6-17)20-10-12-21(13-11-20)24(25,26)27-22-14-7-18(2)15-23(3,4)16-22/h7,14-17,19-21H,5-6,8-13H2,1-4H3. The maximum Gasteiger partial charge on any atom is 0.400 e. The van der Waals surface area contributed by atoms with Crippen LogP contribution in [0.1, 0.15) is 79.1 Å². The second-order valence-electron chi connectivity index (χ2n) is 9.89. The lowest BCUT2D eigenvalue weighted by molar-refractivity contribution is -0.254. The topological polar surface area (TPSA) is 9.23 Å². The molecule has 0 radical (unpaired) electrons. The van der Waals surface area contributed by atoms with E-state index in [0.29, 0.717) is 24.5 Å². The molecule has 3 rings (SSSR count). The summed E-state index contributed by atoms with van der Waals surface area (Å²) in [6.45, 7) is 8.35. The van der Waals surface area contributed by atoms with Crippen LogP contribution in [-0.4, -0.2) is 6.11 Å². The van der Waals surface area contributed by atoms with Gasteiger partial charge in [0.05, 0.1) is 5.92 Å². The van der Waals surface area contributed by atoms with Crippen molar-refractivity contribution in [2.24, 2.45) is 29.1 Å². The third kappa shape index (κ3) is 5.45. The van der Waals surface area contributed by atoms with Crippen molar-refractivity contribution in [2.75, 3.05) is 0 Å². The van der Waals surface area contributed by atoms with Crippen LogP contribution < -0.4 is 0 Å². The fraction of sp³-hybridized carbons (Fsp3) is 0.750.